The van der Waals surface area contributed by atoms with Crippen LogP contribution in [-0.2, 0) is 28.6 Å². The number of carbonyl (C=O) groups is 4. The molecular weight excluding hydrogens is 580 g/mol. The SMILES string of the molecule is C=CC(=O)OCCCOc1ccc(OC(=O)C2CC3CC2CC3OC(=O)c2ccc3cc(OCOC(=O)C=C)ccc3c2)cc1. The van der Waals surface area contributed by atoms with Gasteiger partial charge in [-0.1, -0.05) is 25.3 Å². The Labute approximate surface area is 260 Å². The quantitative estimate of drug-likeness (QED) is 0.0568. The van der Waals surface area contributed by atoms with Crippen LogP contribution in [-0.4, -0.2) is 50.0 Å². The second-order valence-electron chi connectivity index (χ2n) is 10.9. The van der Waals surface area contributed by atoms with Gasteiger partial charge in [-0.2, -0.15) is 0 Å². The van der Waals surface area contributed by atoms with E-state index in [0.717, 1.165) is 29.3 Å². The Morgan fingerprint density at radius 1 is 0.711 bits per heavy atom. The third kappa shape index (κ3) is 8.08. The van der Waals surface area contributed by atoms with Gasteiger partial charge < -0.3 is 28.4 Å². The summed E-state index contributed by atoms with van der Waals surface area (Å²) in [5, 5.41) is 1.69. The summed E-state index contributed by atoms with van der Waals surface area (Å²) in [6, 6.07) is 17.4. The molecule has 0 N–H and O–H groups in total. The van der Waals surface area contributed by atoms with Crippen LogP contribution in [0.4, 0.5) is 0 Å². The lowest BCUT2D eigenvalue weighted by Crippen LogP contribution is -2.32. The molecule has 0 saturated heterocycles. The second-order valence-corrected chi connectivity index (χ2v) is 10.9. The standard InChI is InChI=1S/C35H34O10/c1-3-32(36)41-15-5-14-40-27-10-12-28(13-11-27)44-35(39)30-19-26-17-25(30)20-31(26)45-34(38)24-7-6-23-18-29(9-8-22(23)16-24)42-21-43-33(37)4-2/h3-4,6-13,16,18,25-26,30-31H,1-2,5,14-15,17,19-21H2. The van der Waals surface area contributed by atoms with Crippen LogP contribution in [0, 0.1) is 17.8 Å². The van der Waals surface area contributed by atoms with Crippen LogP contribution in [0.2, 0.25) is 0 Å². The number of ether oxygens (including phenoxy) is 6. The van der Waals surface area contributed by atoms with E-state index >= 15 is 0 Å². The number of hydrogen-bond acceptors (Lipinski definition) is 10. The number of esters is 4. The summed E-state index contributed by atoms with van der Waals surface area (Å²) in [7, 11) is 0. The molecule has 10 heteroatoms. The normalized spacial score (nSPS) is 19.7. The van der Waals surface area contributed by atoms with E-state index in [4.69, 9.17) is 28.4 Å². The first-order valence-electron chi connectivity index (χ1n) is 14.7. The molecule has 45 heavy (non-hydrogen) atoms. The van der Waals surface area contributed by atoms with Crippen LogP contribution in [0.25, 0.3) is 10.8 Å². The molecule has 2 aliphatic carbocycles. The van der Waals surface area contributed by atoms with Crippen molar-refractivity contribution in [2.45, 2.75) is 31.8 Å². The Balaban J connectivity index is 1.06. The Kier molecular flexibility index (Phi) is 10.1. The van der Waals surface area contributed by atoms with Crippen LogP contribution in [0.5, 0.6) is 17.2 Å². The molecule has 3 aromatic carbocycles. The van der Waals surface area contributed by atoms with Gasteiger partial charge in [-0.3, -0.25) is 4.79 Å². The van der Waals surface area contributed by atoms with Crippen LogP contribution in [0.15, 0.2) is 86.0 Å². The average Bonchev–Trinajstić information content (AvgIpc) is 3.66. The maximum Gasteiger partial charge on any atom is 0.338 e. The van der Waals surface area contributed by atoms with Crippen LogP contribution in [0.3, 0.4) is 0 Å². The Morgan fingerprint density at radius 2 is 1.40 bits per heavy atom. The van der Waals surface area contributed by atoms with E-state index in [1.165, 1.54) is 0 Å². The topological polar surface area (TPSA) is 124 Å². The zero-order valence-corrected chi connectivity index (χ0v) is 24.7. The summed E-state index contributed by atoms with van der Waals surface area (Å²) in [4.78, 5) is 48.2. The first-order valence-corrected chi connectivity index (χ1v) is 14.7. The fourth-order valence-electron chi connectivity index (χ4n) is 5.79. The van der Waals surface area contributed by atoms with Gasteiger partial charge in [0.1, 0.15) is 23.4 Å². The van der Waals surface area contributed by atoms with E-state index < -0.39 is 17.9 Å². The number of hydrogen-bond donors (Lipinski definition) is 0. The van der Waals surface area contributed by atoms with Gasteiger partial charge >= 0.3 is 23.9 Å². The highest BCUT2D eigenvalue weighted by molar-refractivity contribution is 5.96. The molecule has 0 spiro atoms. The lowest BCUT2D eigenvalue weighted by atomic mass is 9.87. The van der Waals surface area contributed by atoms with E-state index in [-0.39, 0.29) is 43.2 Å². The molecule has 2 bridgehead atoms. The summed E-state index contributed by atoms with van der Waals surface area (Å²) in [6.45, 7) is 7.06. The van der Waals surface area contributed by atoms with Crippen LogP contribution >= 0.6 is 0 Å². The number of carbonyl (C=O) groups excluding carboxylic acids is 4. The van der Waals surface area contributed by atoms with E-state index in [2.05, 4.69) is 13.2 Å². The minimum absolute atomic E-state index is 0.0962. The number of benzene rings is 3. The van der Waals surface area contributed by atoms with E-state index in [1.54, 1.807) is 48.5 Å². The van der Waals surface area contributed by atoms with Gasteiger partial charge in [-0.15, -0.1) is 0 Å². The molecule has 10 nitrogen and oxygen atoms in total. The smallest absolute Gasteiger partial charge is 0.338 e. The largest absolute Gasteiger partial charge is 0.493 e. The zero-order chi connectivity index (χ0) is 31.8. The molecule has 5 rings (SSSR count). The highest BCUT2D eigenvalue weighted by Crippen LogP contribution is 2.50. The minimum Gasteiger partial charge on any atom is -0.493 e. The predicted octanol–water partition coefficient (Wildman–Crippen LogP) is 5.58. The molecule has 4 unspecified atom stereocenters. The van der Waals surface area contributed by atoms with Gasteiger partial charge in [0.05, 0.1) is 24.7 Å². The summed E-state index contributed by atoms with van der Waals surface area (Å²) in [5.74, 6) is -0.180. The average molecular weight is 615 g/mol. The molecule has 2 saturated carbocycles. The van der Waals surface area contributed by atoms with Gasteiger partial charge in [0.15, 0.2) is 0 Å². The predicted molar refractivity (Wildman–Crippen MR) is 163 cm³/mol. The first kappa shape index (κ1) is 31.3. The summed E-state index contributed by atoms with van der Waals surface area (Å²) in [5.41, 5.74) is 0.443. The third-order valence-corrected chi connectivity index (χ3v) is 8.00. The van der Waals surface area contributed by atoms with Crippen molar-refractivity contribution in [1.29, 1.82) is 0 Å². The van der Waals surface area contributed by atoms with Crippen molar-refractivity contribution in [1.82, 2.24) is 0 Å². The lowest BCUT2D eigenvalue weighted by Gasteiger charge is -2.26. The molecule has 0 amide bonds. The van der Waals surface area contributed by atoms with Crippen molar-refractivity contribution in [2.24, 2.45) is 17.8 Å². The molecule has 2 fully saturated rings. The van der Waals surface area contributed by atoms with Crippen LogP contribution < -0.4 is 14.2 Å². The van der Waals surface area contributed by atoms with Gasteiger partial charge in [0, 0.05) is 18.6 Å². The highest BCUT2D eigenvalue weighted by atomic mass is 16.7. The van der Waals surface area contributed by atoms with Crippen molar-refractivity contribution in [2.75, 3.05) is 20.0 Å². The Bertz CT molecular complexity index is 1580. The highest BCUT2D eigenvalue weighted by Gasteiger charge is 2.51. The number of fused-ring (bicyclic) bond motifs is 3. The molecule has 0 radical (unpaired) electrons. The molecular formula is C35H34O10. The van der Waals surface area contributed by atoms with Gasteiger partial charge in [0.2, 0.25) is 6.79 Å². The molecule has 3 aromatic rings. The molecule has 0 heterocycles. The maximum absolute atomic E-state index is 13.0. The fraction of sp³-hybridized carbons (Fsp3) is 0.314. The monoisotopic (exact) mass is 614 g/mol. The third-order valence-electron chi connectivity index (χ3n) is 8.00. The first-order chi connectivity index (χ1) is 21.8. The molecule has 0 aromatic heterocycles. The van der Waals surface area contributed by atoms with Crippen LogP contribution in [0.1, 0.15) is 36.0 Å². The molecule has 0 aliphatic heterocycles. The van der Waals surface area contributed by atoms with Crippen molar-refractivity contribution in [3.8, 4) is 17.2 Å². The van der Waals surface area contributed by atoms with Gasteiger partial charge in [-0.05, 0) is 90.4 Å². The van der Waals surface area contributed by atoms with Crippen molar-refractivity contribution in [3.05, 3.63) is 91.5 Å². The van der Waals surface area contributed by atoms with E-state index in [9.17, 15) is 19.2 Å². The Morgan fingerprint density at radius 3 is 2.13 bits per heavy atom. The fourth-order valence-corrected chi connectivity index (χ4v) is 5.79. The summed E-state index contributed by atoms with van der Waals surface area (Å²) < 4.78 is 32.4. The van der Waals surface area contributed by atoms with Gasteiger partial charge in [0.25, 0.3) is 0 Å². The zero-order valence-electron chi connectivity index (χ0n) is 24.7. The summed E-state index contributed by atoms with van der Waals surface area (Å²) in [6.07, 6.45) is 4.52. The maximum atomic E-state index is 13.0. The minimum atomic E-state index is -0.571. The second kappa shape index (κ2) is 14.6. The molecule has 4 atom stereocenters. The number of rotatable bonds is 14. The molecule has 2 aliphatic rings. The van der Waals surface area contributed by atoms with E-state index in [0.29, 0.717) is 48.7 Å². The Hall–Kier alpha value is -5.12. The van der Waals surface area contributed by atoms with E-state index in [1.807, 2.05) is 12.1 Å². The summed E-state index contributed by atoms with van der Waals surface area (Å²) >= 11 is 0. The lowest BCUT2D eigenvalue weighted by molar-refractivity contribution is -0.144. The van der Waals surface area contributed by atoms with Gasteiger partial charge in [-0.25, -0.2) is 14.4 Å². The van der Waals surface area contributed by atoms with Crippen molar-refractivity contribution in [3.63, 3.8) is 0 Å². The van der Waals surface area contributed by atoms with Crippen molar-refractivity contribution < 1.29 is 47.6 Å². The molecule has 234 valence electrons. The van der Waals surface area contributed by atoms with Crippen molar-refractivity contribution >= 4 is 34.6 Å².